The maximum absolute atomic E-state index is 13.1. The Hall–Kier alpha value is -2.31. The van der Waals surface area contributed by atoms with Crippen LogP contribution in [0.3, 0.4) is 0 Å². The molecule has 1 atom stereocenters. The molecule has 0 radical (unpaired) electrons. The highest BCUT2D eigenvalue weighted by Gasteiger charge is 2.07. The molecule has 0 fully saturated rings. The number of amides is 1. The van der Waals surface area contributed by atoms with Gasteiger partial charge in [-0.25, -0.2) is 4.39 Å². The number of halogens is 1. The Kier molecular flexibility index (Phi) is 7.87. The van der Waals surface area contributed by atoms with E-state index >= 15 is 0 Å². The first-order chi connectivity index (χ1) is 10.9. The molecule has 0 spiro atoms. The number of carbonyl (C=O) groups excluding carboxylic acids is 1. The molecule has 6 nitrogen and oxygen atoms in total. The van der Waals surface area contributed by atoms with Gasteiger partial charge in [0.25, 0.3) is 0 Å². The minimum atomic E-state index is -0.328. The SMILES string of the molecule is CN=C(NCCC(=O)N(C)C)NCC(C)Oc1cccc(F)c1. The number of rotatable bonds is 7. The van der Waals surface area contributed by atoms with Crippen LogP contribution in [0.15, 0.2) is 29.3 Å². The second-order valence-corrected chi connectivity index (χ2v) is 5.30. The van der Waals surface area contributed by atoms with Gasteiger partial charge in [-0.15, -0.1) is 0 Å². The summed E-state index contributed by atoms with van der Waals surface area (Å²) in [5.41, 5.74) is 0. The van der Waals surface area contributed by atoms with Gasteiger partial charge in [0.05, 0.1) is 6.54 Å². The molecule has 1 aromatic rings. The lowest BCUT2D eigenvalue weighted by atomic mass is 10.3. The highest BCUT2D eigenvalue weighted by atomic mass is 19.1. The molecule has 7 heteroatoms. The van der Waals surface area contributed by atoms with Crippen molar-refractivity contribution in [1.82, 2.24) is 15.5 Å². The molecule has 0 saturated carbocycles. The predicted molar refractivity (Wildman–Crippen MR) is 89.2 cm³/mol. The van der Waals surface area contributed by atoms with Crippen molar-refractivity contribution in [2.45, 2.75) is 19.4 Å². The zero-order valence-corrected chi connectivity index (χ0v) is 14.1. The van der Waals surface area contributed by atoms with Gasteiger partial charge in [-0.2, -0.15) is 0 Å². The first kappa shape index (κ1) is 18.7. The minimum absolute atomic E-state index is 0.0516. The van der Waals surface area contributed by atoms with Gasteiger partial charge in [-0.05, 0) is 19.1 Å². The maximum atomic E-state index is 13.1. The fraction of sp³-hybridized carbons (Fsp3) is 0.500. The van der Waals surface area contributed by atoms with Gasteiger partial charge in [0, 0.05) is 40.2 Å². The minimum Gasteiger partial charge on any atom is -0.489 e. The molecule has 23 heavy (non-hydrogen) atoms. The van der Waals surface area contributed by atoms with Crippen molar-refractivity contribution in [1.29, 1.82) is 0 Å². The van der Waals surface area contributed by atoms with E-state index in [1.165, 1.54) is 12.1 Å². The van der Waals surface area contributed by atoms with Crippen LogP contribution in [0.5, 0.6) is 5.75 Å². The van der Waals surface area contributed by atoms with E-state index in [1.807, 2.05) is 6.92 Å². The highest BCUT2D eigenvalue weighted by Crippen LogP contribution is 2.13. The number of nitrogens with zero attached hydrogens (tertiary/aromatic N) is 2. The maximum Gasteiger partial charge on any atom is 0.223 e. The van der Waals surface area contributed by atoms with Crippen LogP contribution < -0.4 is 15.4 Å². The molecule has 1 rings (SSSR count). The summed E-state index contributed by atoms with van der Waals surface area (Å²) in [7, 11) is 5.10. The summed E-state index contributed by atoms with van der Waals surface area (Å²) < 4.78 is 18.7. The Labute approximate surface area is 136 Å². The van der Waals surface area contributed by atoms with E-state index < -0.39 is 0 Å². The lowest BCUT2D eigenvalue weighted by molar-refractivity contribution is -0.128. The molecule has 0 bridgehead atoms. The Balaban J connectivity index is 2.32. The van der Waals surface area contributed by atoms with Crippen molar-refractivity contribution in [3.05, 3.63) is 30.1 Å². The number of hydrogen-bond acceptors (Lipinski definition) is 3. The molecule has 128 valence electrons. The third kappa shape index (κ3) is 7.49. The summed E-state index contributed by atoms with van der Waals surface area (Å²) in [5.74, 6) is 0.798. The molecular formula is C16H25FN4O2. The summed E-state index contributed by atoms with van der Waals surface area (Å²) in [6.07, 6.45) is 0.224. The van der Waals surface area contributed by atoms with E-state index in [0.717, 1.165) is 0 Å². The fourth-order valence-electron chi connectivity index (χ4n) is 1.79. The third-order valence-electron chi connectivity index (χ3n) is 3.04. The quantitative estimate of drug-likeness (QED) is 0.585. The number of guanidine groups is 1. The summed E-state index contributed by atoms with van der Waals surface area (Å²) in [6.45, 7) is 2.87. The summed E-state index contributed by atoms with van der Waals surface area (Å²) in [5, 5.41) is 6.16. The van der Waals surface area contributed by atoms with Crippen molar-refractivity contribution < 1.29 is 13.9 Å². The largest absolute Gasteiger partial charge is 0.489 e. The predicted octanol–water partition coefficient (Wildman–Crippen LogP) is 1.24. The first-order valence-electron chi connectivity index (χ1n) is 7.49. The molecule has 2 N–H and O–H groups in total. The topological polar surface area (TPSA) is 66.0 Å². The van der Waals surface area contributed by atoms with E-state index in [2.05, 4.69) is 15.6 Å². The second-order valence-electron chi connectivity index (χ2n) is 5.30. The highest BCUT2D eigenvalue weighted by molar-refractivity contribution is 5.81. The molecule has 1 unspecified atom stereocenters. The van der Waals surface area contributed by atoms with Crippen molar-refractivity contribution in [2.75, 3.05) is 34.2 Å². The van der Waals surface area contributed by atoms with Crippen LogP contribution in [0.2, 0.25) is 0 Å². The molecular weight excluding hydrogens is 299 g/mol. The van der Waals surface area contributed by atoms with Crippen molar-refractivity contribution in [2.24, 2.45) is 4.99 Å². The van der Waals surface area contributed by atoms with E-state index in [0.29, 0.717) is 31.2 Å². The number of ether oxygens (including phenoxy) is 1. The van der Waals surface area contributed by atoms with Crippen LogP contribution in [0.25, 0.3) is 0 Å². The Morgan fingerprint density at radius 1 is 1.39 bits per heavy atom. The molecule has 0 aromatic heterocycles. The second kappa shape index (κ2) is 9.66. The van der Waals surface area contributed by atoms with Crippen LogP contribution >= 0.6 is 0 Å². The van der Waals surface area contributed by atoms with Gasteiger partial charge in [-0.1, -0.05) is 6.07 Å². The molecule has 0 aliphatic carbocycles. The average Bonchev–Trinajstić information content (AvgIpc) is 2.50. The third-order valence-corrected chi connectivity index (χ3v) is 3.04. The zero-order valence-electron chi connectivity index (χ0n) is 14.1. The van der Waals surface area contributed by atoms with Crippen LogP contribution in [-0.2, 0) is 4.79 Å². The van der Waals surface area contributed by atoms with Gasteiger partial charge >= 0.3 is 0 Å². The first-order valence-corrected chi connectivity index (χ1v) is 7.49. The number of aliphatic imine (C=N–C) groups is 1. The van der Waals surface area contributed by atoms with E-state index in [-0.39, 0.29) is 17.8 Å². The monoisotopic (exact) mass is 324 g/mol. The van der Waals surface area contributed by atoms with Gasteiger partial charge in [0.15, 0.2) is 5.96 Å². The van der Waals surface area contributed by atoms with Crippen molar-refractivity contribution in [3.63, 3.8) is 0 Å². The van der Waals surface area contributed by atoms with Crippen LogP contribution in [0, 0.1) is 5.82 Å². The summed E-state index contributed by atoms with van der Waals surface area (Å²) >= 11 is 0. The van der Waals surface area contributed by atoms with Gasteiger partial charge in [0.2, 0.25) is 5.91 Å². The molecule has 0 saturated heterocycles. The zero-order chi connectivity index (χ0) is 17.2. The van der Waals surface area contributed by atoms with Crippen molar-refractivity contribution in [3.8, 4) is 5.75 Å². The lowest BCUT2D eigenvalue weighted by Gasteiger charge is -2.18. The number of carbonyl (C=O) groups is 1. The number of hydrogen-bond donors (Lipinski definition) is 2. The number of benzene rings is 1. The van der Waals surface area contributed by atoms with Crippen LogP contribution in [0.1, 0.15) is 13.3 Å². The molecule has 0 heterocycles. The summed E-state index contributed by atoms with van der Waals surface area (Å²) in [6, 6.07) is 6.03. The van der Waals surface area contributed by atoms with E-state index in [1.54, 1.807) is 38.2 Å². The molecule has 1 amide bonds. The smallest absolute Gasteiger partial charge is 0.223 e. The number of nitrogens with one attached hydrogen (secondary N) is 2. The fourth-order valence-corrected chi connectivity index (χ4v) is 1.79. The summed E-state index contributed by atoms with van der Waals surface area (Å²) in [4.78, 5) is 17.1. The van der Waals surface area contributed by atoms with Gasteiger partial charge < -0.3 is 20.3 Å². The Bertz CT molecular complexity index is 535. The standard InChI is InChI=1S/C16H25FN4O2/c1-12(23-14-7-5-6-13(17)10-14)11-20-16(18-2)19-9-8-15(22)21(3)4/h5-7,10,12H,8-9,11H2,1-4H3,(H2,18,19,20). The van der Waals surface area contributed by atoms with Gasteiger partial charge in [0.1, 0.15) is 17.7 Å². The van der Waals surface area contributed by atoms with Crippen LogP contribution in [-0.4, -0.2) is 57.1 Å². The van der Waals surface area contributed by atoms with Gasteiger partial charge in [-0.3, -0.25) is 9.79 Å². The molecule has 1 aromatic carbocycles. The lowest BCUT2D eigenvalue weighted by Crippen LogP contribution is -2.42. The average molecular weight is 324 g/mol. The van der Waals surface area contributed by atoms with Crippen LogP contribution in [0.4, 0.5) is 4.39 Å². The Morgan fingerprint density at radius 2 is 2.13 bits per heavy atom. The van der Waals surface area contributed by atoms with Crippen molar-refractivity contribution >= 4 is 11.9 Å². The molecule has 0 aliphatic heterocycles. The van der Waals surface area contributed by atoms with E-state index in [9.17, 15) is 9.18 Å². The molecule has 0 aliphatic rings. The van der Waals surface area contributed by atoms with E-state index in [4.69, 9.17) is 4.74 Å². The Morgan fingerprint density at radius 3 is 2.74 bits per heavy atom. The normalized spacial score (nSPS) is 12.5.